The molecule has 0 spiro atoms. The van der Waals surface area contributed by atoms with Crippen molar-refractivity contribution in [2.24, 2.45) is 5.41 Å². The highest BCUT2D eigenvalue weighted by atomic mass is 16.5. The van der Waals surface area contributed by atoms with Crippen molar-refractivity contribution in [2.45, 2.75) is 46.1 Å². The fourth-order valence-electron chi connectivity index (χ4n) is 2.85. The van der Waals surface area contributed by atoms with E-state index in [1.165, 1.54) is 32.4 Å². The summed E-state index contributed by atoms with van der Waals surface area (Å²) in [5.41, 5.74) is 0.374. The summed E-state index contributed by atoms with van der Waals surface area (Å²) >= 11 is 0. The lowest BCUT2D eigenvalue weighted by Crippen LogP contribution is -2.49. The normalized spacial score (nSPS) is 20.1. The molecule has 0 aromatic rings. The minimum Gasteiger partial charge on any atom is -0.384 e. The number of ether oxygens (including phenoxy) is 1. The second kappa shape index (κ2) is 7.34. The summed E-state index contributed by atoms with van der Waals surface area (Å²) in [6.07, 6.45) is 3.72. The van der Waals surface area contributed by atoms with Gasteiger partial charge in [0.15, 0.2) is 0 Å². The molecule has 1 fully saturated rings. The molecule has 0 aromatic heterocycles. The van der Waals surface area contributed by atoms with Crippen LogP contribution in [0.15, 0.2) is 0 Å². The van der Waals surface area contributed by atoms with Crippen LogP contribution in [0.3, 0.4) is 0 Å². The molecule has 0 radical (unpaired) electrons. The van der Waals surface area contributed by atoms with Crippen LogP contribution in [0.2, 0.25) is 0 Å². The monoisotopic (exact) mass is 242 g/mol. The van der Waals surface area contributed by atoms with Gasteiger partial charge in [-0.1, -0.05) is 6.92 Å². The first kappa shape index (κ1) is 14.9. The fraction of sp³-hybridized carbons (Fsp3) is 1.00. The quantitative estimate of drug-likeness (QED) is 0.740. The molecule has 1 saturated heterocycles. The summed E-state index contributed by atoms with van der Waals surface area (Å²) in [4.78, 5) is 2.62. The van der Waals surface area contributed by atoms with E-state index in [0.29, 0.717) is 11.5 Å². The van der Waals surface area contributed by atoms with Crippen molar-refractivity contribution in [2.75, 3.05) is 39.9 Å². The van der Waals surface area contributed by atoms with Crippen LogP contribution < -0.4 is 5.32 Å². The first-order valence-corrected chi connectivity index (χ1v) is 7.07. The summed E-state index contributed by atoms with van der Waals surface area (Å²) in [6.45, 7) is 12.4. The van der Waals surface area contributed by atoms with Crippen LogP contribution in [0.5, 0.6) is 0 Å². The van der Waals surface area contributed by atoms with E-state index >= 15 is 0 Å². The van der Waals surface area contributed by atoms with Gasteiger partial charge < -0.3 is 15.0 Å². The van der Waals surface area contributed by atoms with Crippen molar-refractivity contribution in [1.82, 2.24) is 10.2 Å². The third kappa shape index (κ3) is 4.57. The molecule has 1 aliphatic heterocycles. The minimum absolute atomic E-state index is 0.374. The minimum atomic E-state index is 0.374. The predicted molar refractivity (Wildman–Crippen MR) is 73.4 cm³/mol. The van der Waals surface area contributed by atoms with Crippen LogP contribution in [0.1, 0.15) is 40.0 Å². The van der Waals surface area contributed by atoms with Crippen molar-refractivity contribution < 1.29 is 4.74 Å². The van der Waals surface area contributed by atoms with Gasteiger partial charge in [0.05, 0.1) is 6.61 Å². The Morgan fingerprint density at radius 3 is 2.41 bits per heavy atom. The molecule has 0 atom stereocenters. The van der Waals surface area contributed by atoms with Gasteiger partial charge in [-0.25, -0.2) is 0 Å². The lowest BCUT2D eigenvalue weighted by Gasteiger charge is -2.42. The number of rotatable bonds is 7. The van der Waals surface area contributed by atoms with Crippen molar-refractivity contribution in [1.29, 1.82) is 0 Å². The van der Waals surface area contributed by atoms with E-state index in [4.69, 9.17) is 4.74 Å². The van der Waals surface area contributed by atoms with Gasteiger partial charge in [0, 0.05) is 25.1 Å². The largest absolute Gasteiger partial charge is 0.384 e. The Labute approximate surface area is 107 Å². The fourth-order valence-corrected chi connectivity index (χ4v) is 2.85. The van der Waals surface area contributed by atoms with E-state index in [1.54, 1.807) is 0 Å². The molecule has 1 heterocycles. The van der Waals surface area contributed by atoms with E-state index in [-0.39, 0.29) is 0 Å². The molecule has 1 rings (SSSR count). The van der Waals surface area contributed by atoms with Crippen LogP contribution in [0, 0.1) is 5.41 Å². The zero-order valence-electron chi connectivity index (χ0n) is 12.1. The van der Waals surface area contributed by atoms with Gasteiger partial charge in [-0.15, -0.1) is 0 Å². The van der Waals surface area contributed by atoms with Crippen molar-refractivity contribution in [3.63, 3.8) is 0 Å². The number of hydrogen-bond donors (Lipinski definition) is 1. The summed E-state index contributed by atoms with van der Waals surface area (Å²) < 4.78 is 5.49. The highest BCUT2D eigenvalue weighted by molar-refractivity contribution is 4.88. The molecule has 1 N–H and O–H groups in total. The van der Waals surface area contributed by atoms with E-state index in [0.717, 1.165) is 19.7 Å². The number of piperidine rings is 1. The van der Waals surface area contributed by atoms with Crippen LogP contribution >= 0.6 is 0 Å². The van der Waals surface area contributed by atoms with Crippen LogP contribution in [0.4, 0.5) is 0 Å². The lowest BCUT2D eigenvalue weighted by atomic mass is 9.79. The van der Waals surface area contributed by atoms with Gasteiger partial charge in [-0.2, -0.15) is 0 Å². The molecule has 1 aliphatic rings. The number of methoxy groups -OCH3 is 1. The highest BCUT2D eigenvalue weighted by Gasteiger charge is 2.34. The molecular formula is C14H30N2O. The topological polar surface area (TPSA) is 24.5 Å². The first-order chi connectivity index (χ1) is 8.13. The summed E-state index contributed by atoms with van der Waals surface area (Å²) in [6, 6.07) is 0.638. The molecule has 102 valence electrons. The molecule has 0 amide bonds. The molecule has 0 saturated carbocycles. The average molecular weight is 242 g/mol. The van der Waals surface area contributed by atoms with Crippen LogP contribution in [-0.2, 0) is 4.74 Å². The maximum absolute atomic E-state index is 5.49. The third-order valence-corrected chi connectivity index (χ3v) is 3.89. The van der Waals surface area contributed by atoms with Gasteiger partial charge in [-0.05, 0) is 52.7 Å². The lowest BCUT2D eigenvalue weighted by molar-refractivity contribution is 0.0143. The Hall–Kier alpha value is -0.120. The molecule has 3 heteroatoms. The number of nitrogens with zero attached hydrogens (tertiary/aromatic N) is 1. The average Bonchev–Trinajstić information content (AvgIpc) is 2.30. The summed E-state index contributed by atoms with van der Waals surface area (Å²) in [7, 11) is 1.84. The van der Waals surface area contributed by atoms with E-state index in [1.807, 2.05) is 7.11 Å². The first-order valence-electron chi connectivity index (χ1n) is 7.07. The molecule has 0 bridgehead atoms. The standard InChI is InChI=1S/C14H30N2O/c1-5-10-16(13(2)3)11-14(12-17-4)6-8-15-9-7-14/h13,15H,5-12H2,1-4H3. The molecular weight excluding hydrogens is 212 g/mol. The van der Waals surface area contributed by atoms with Crippen molar-refractivity contribution >= 4 is 0 Å². The third-order valence-electron chi connectivity index (χ3n) is 3.89. The Bertz CT molecular complexity index is 195. The molecule has 3 nitrogen and oxygen atoms in total. The van der Waals surface area contributed by atoms with E-state index in [9.17, 15) is 0 Å². The molecule has 17 heavy (non-hydrogen) atoms. The van der Waals surface area contributed by atoms with Crippen molar-refractivity contribution in [3.05, 3.63) is 0 Å². The van der Waals surface area contributed by atoms with Gasteiger partial charge in [0.1, 0.15) is 0 Å². The zero-order chi connectivity index (χ0) is 12.7. The molecule has 0 unspecified atom stereocenters. The predicted octanol–water partition coefficient (Wildman–Crippen LogP) is 2.12. The summed E-state index contributed by atoms with van der Waals surface area (Å²) in [5, 5.41) is 3.46. The Morgan fingerprint density at radius 1 is 1.29 bits per heavy atom. The van der Waals surface area contributed by atoms with Gasteiger partial charge in [-0.3, -0.25) is 0 Å². The second-order valence-corrected chi connectivity index (χ2v) is 5.75. The Balaban J connectivity index is 2.62. The van der Waals surface area contributed by atoms with Gasteiger partial charge in [0.2, 0.25) is 0 Å². The van der Waals surface area contributed by atoms with Crippen molar-refractivity contribution in [3.8, 4) is 0 Å². The number of hydrogen-bond acceptors (Lipinski definition) is 3. The maximum atomic E-state index is 5.49. The maximum Gasteiger partial charge on any atom is 0.0531 e. The summed E-state index contributed by atoms with van der Waals surface area (Å²) in [5.74, 6) is 0. The second-order valence-electron chi connectivity index (χ2n) is 5.75. The Morgan fingerprint density at radius 2 is 1.94 bits per heavy atom. The van der Waals surface area contributed by atoms with E-state index in [2.05, 4.69) is 31.0 Å². The zero-order valence-corrected chi connectivity index (χ0v) is 12.1. The molecule has 0 aromatic carbocycles. The van der Waals surface area contributed by atoms with Crippen LogP contribution in [0.25, 0.3) is 0 Å². The van der Waals surface area contributed by atoms with E-state index < -0.39 is 0 Å². The van der Waals surface area contributed by atoms with Gasteiger partial charge >= 0.3 is 0 Å². The Kier molecular flexibility index (Phi) is 6.45. The highest BCUT2D eigenvalue weighted by Crippen LogP contribution is 2.31. The molecule has 0 aliphatic carbocycles. The van der Waals surface area contributed by atoms with Crippen LogP contribution in [-0.4, -0.2) is 50.8 Å². The van der Waals surface area contributed by atoms with Gasteiger partial charge in [0.25, 0.3) is 0 Å². The SMILES string of the molecule is CCCN(CC1(COC)CCNCC1)C(C)C. The smallest absolute Gasteiger partial charge is 0.0531 e. The number of nitrogens with one attached hydrogen (secondary N) is 1.